The Morgan fingerprint density at radius 2 is 1.96 bits per heavy atom. The average molecular weight is 348 g/mol. The molecule has 2 N–H and O–H groups in total. The molecule has 0 aromatic heterocycles. The number of hydrogen-bond donors (Lipinski definition) is 2. The minimum Gasteiger partial charge on any atom is -0.379 e. The summed E-state index contributed by atoms with van der Waals surface area (Å²) in [6, 6.07) is 8.71. The predicted molar refractivity (Wildman–Crippen MR) is 102 cm³/mol. The number of guanidine groups is 1. The van der Waals surface area contributed by atoms with E-state index in [-0.39, 0.29) is 5.60 Å². The Hall–Kier alpha value is -1.63. The molecule has 2 rings (SSSR count). The van der Waals surface area contributed by atoms with Gasteiger partial charge in [0.1, 0.15) is 0 Å². The summed E-state index contributed by atoms with van der Waals surface area (Å²) in [7, 11) is 3.50. The van der Waals surface area contributed by atoms with E-state index in [1.807, 2.05) is 13.8 Å². The minimum atomic E-state index is -0.226. The number of hydrogen-bond acceptors (Lipinski definition) is 4. The van der Waals surface area contributed by atoms with Crippen LogP contribution in [0.15, 0.2) is 29.3 Å². The lowest BCUT2D eigenvalue weighted by Crippen LogP contribution is -2.45. The van der Waals surface area contributed by atoms with Crippen LogP contribution < -0.4 is 10.6 Å². The molecule has 0 bridgehead atoms. The molecule has 1 aliphatic heterocycles. The molecule has 1 saturated heterocycles. The van der Waals surface area contributed by atoms with Gasteiger partial charge in [0.2, 0.25) is 0 Å². The molecule has 1 heterocycles. The van der Waals surface area contributed by atoms with Gasteiger partial charge in [0.15, 0.2) is 5.96 Å². The minimum absolute atomic E-state index is 0.226. The van der Waals surface area contributed by atoms with Gasteiger partial charge in [-0.15, -0.1) is 0 Å². The topological polar surface area (TPSA) is 58.1 Å². The quantitative estimate of drug-likeness (QED) is 0.579. The van der Waals surface area contributed by atoms with Crippen molar-refractivity contribution in [3.8, 4) is 0 Å². The van der Waals surface area contributed by atoms with Gasteiger partial charge in [-0.3, -0.25) is 9.89 Å². The van der Waals surface area contributed by atoms with Crippen LogP contribution in [-0.4, -0.2) is 63.5 Å². The van der Waals surface area contributed by atoms with E-state index in [1.165, 1.54) is 11.1 Å². The normalized spacial score (nSPS) is 16.7. The number of ether oxygens (including phenoxy) is 2. The van der Waals surface area contributed by atoms with Crippen LogP contribution in [0.4, 0.5) is 0 Å². The van der Waals surface area contributed by atoms with Crippen LogP contribution >= 0.6 is 0 Å². The highest BCUT2D eigenvalue weighted by atomic mass is 16.5. The molecule has 1 aliphatic rings. The molecule has 1 aromatic carbocycles. The fourth-order valence-electron chi connectivity index (χ4n) is 2.63. The fourth-order valence-corrected chi connectivity index (χ4v) is 2.63. The number of nitrogens with one attached hydrogen (secondary N) is 2. The number of morpholine rings is 1. The van der Waals surface area contributed by atoms with Crippen LogP contribution in [-0.2, 0) is 22.6 Å². The fraction of sp³-hybridized carbons (Fsp3) is 0.632. The highest BCUT2D eigenvalue weighted by molar-refractivity contribution is 5.79. The summed E-state index contributed by atoms with van der Waals surface area (Å²) >= 11 is 0. The van der Waals surface area contributed by atoms with Gasteiger partial charge in [-0.25, -0.2) is 0 Å². The third kappa shape index (κ3) is 7.02. The van der Waals surface area contributed by atoms with Crippen molar-refractivity contribution in [1.29, 1.82) is 0 Å². The van der Waals surface area contributed by atoms with Gasteiger partial charge in [0.25, 0.3) is 0 Å². The molecule has 6 nitrogen and oxygen atoms in total. The van der Waals surface area contributed by atoms with Gasteiger partial charge >= 0.3 is 0 Å². The van der Waals surface area contributed by atoms with Crippen molar-refractivity contribution < 1.29 is 9.47 Å². The second-order valence-corrected chi connectivity index (χ2v) is 6.95. The van der Waals surface area contributed by atoms with E-state index in [1.54, 1.807) is 14.2 Å². The highest BCUT2D eigenvalue weighted by Crippen LogP contribution is 2.10. The molecule has 0 saturated carbocycles. The van der Waals surface area contributed by atoms with Gasteiger partial charge in [-0.1, -0.05) is 24.3 Å². The van der Waals surface area contributed by atoms with Crippen molar-refractivity contribution in [1.82, 2.24) is 15.5 Å². The van der Waals surface area contributed by atoms with Crippen molar-refractivity contribution in [3.63, 3.8) is 0 Å². The Kier molecular flexibility index (Phi) is 7.68. The second kappa shape index (κ2) is 9.75. The Labute approximate surface area is 151 Å². The number of rotatable bonds is 7. The molecule has 0 atom stereocenters. The maximum absolute atomic E-state index is 5.42. The molecule has 0 unspecified atom stereocenters. The second-order valence-electron chi connectivity index (χ2n) is 6.95. The van der Waals surface area contributed by atoms with E-state index < -0.39 is 0 Å². The van der Waals surface area contributed by atoms with E-state index in [0.29, 0.717) is 6.54 Å². The standard InChI is InChI=1S/C19H32N4O2/c1-19(2,24-4)15-22-18(20-3)21-13-16-6-5-7-17(12-16)14-23-8-10-25-11-9-23/h5-7,12H,8-11,13-15H2,1-4H3,(H2,20,21,22). The Balaban J connectivity index is 1.84. The summed E-state index contributed by atoms with van der Waals surface area (Å²) in [5, 5.41) is 6.67. The summed E-state index contributed by atoms with van der Waals surface area (Å²) < 4.78 is 10.8. The summed E-state index contributed by atoms with van der Waals surface area (Å²) in [5.41, 5.74) is 2.36. The van der Waals surface area contributed by atoms with Crippen LogP contribution in [0.1, 0.15) is 25.0 Å². The largest absolute Gasteiger partial charge is 0.379 e. The number of benzene rings is 1. The van der Waals surface area contributed by atoms with Gasteiger partial charge in [0, 0.05) is 46.9 Å². The average Bonchev–Trinajstić information content (AvgIpc) is 2.63. The van der Waals surface area contributed by atoms with Crippen LogP contribution in [0.25, 0.3) is 0 Å². The van der Waals surface area contributed by atoms with Crippen LogP contribution in [0.3, 0.4) is 0 Å². The van der Waals surface area contributed by atoms with Crippen molar-refractivity contribution >= 4 is 5.96 Å². The maximum atomic E-state index is 5.42. The summed E-state index contributed by atoms with van der Waals surface area (Å²) in [6.45, 7) is 10.2. The first-order valence-electron chi connectivity index (χ1n) is 8.90. The number of methoxy groups -OCH3 is 1. The molecule has 6 heteroatoms. The molecule has 25 heavy (non-hydrogen) atoms. The first kappa shape index (κ1) is 19.7. The zero-order valence-corrected chi connectivity index (χ0v) is 16.0. The van der Waals surface area contributed by atoms with Crippen LogP contribution in [0.5, 0.6) is 0 Å². The van der Waals surface area contributed by atoms with Crippen molar-refractivity contribution in [2.24, 2.45) is 4.99 Å². The Bertz CT molecular complexity index is 554. The maximum Gasteiger partial charge on any atom is 0.191 e. The first-order valence-corrected chi connectivity index (χ1v) is 8.90. The molecule has 140 valence electrons. The molecular weight excluding hydrogens is 316 g/mol. The monoisotopic (exact) mass is 348 g/mol. The molecule has 0 amide bonds. The number of nitrogens with zero attached hydrogens (tertiary/aromatic N) is 2. The van der Waals surface area contributed by atoms with Crippen molar-refractivity contribution in [2.45, 2.75) is 32.5 Å². The molecule has 0 spiro atoms. The van der Waals surface area contributed by atoms with Gasteiger partial charge in [-0.05, 0) is 25.0 Å². The van der Waals surface area contributed by atoms with E-state index >= 15 is 0 Å². The summed E-state index contributed by atoms with van der Waals surface area (Å²) in [6.07, 6.45) is 0. The lowest BCUT2D eigenvalue weighted by Gasteiger charge is -2.26. The van der Waals surface area contributed by atoms with E-state index in [9.17, 15) is 0 Å². The zero-order valence-electron chi connectivity index (χ0n) is 16.0. The Morgan fingerprint density at radius 1 is 1.24 bits per heavy atom. The molecule has 1 aromatic rings. The van der Waals surface area contributed by atoms with Crippen molar-refractivity contribution in [3.05, 3.63) is 35.4 Å². The SMILES string of the molecule is CN=C(NCc1cccc(CN2CCOCC2)c1)NCC(C)(C)OC. The Morgan fingerprint density at radius 3 is 2.64 bits per heavy atom. The third-order valence-corrected chi connectivity index (χ3v) is 4.42. The predicted octanol–water partition coefficient (Wildman–Crippen LogP) is 1.61. The van der Waals surface area contributed by atoms with E-state index in [4.69, 9.17) is 9.47 Å². The first-order chi connectivity index (χ1) is 12.0. The zero-order chi connectivity index (χ0) is 18.1. The smallest absolute Gasteiger partial charge is 0.191 e. The molecule has 1 fully saturated rings. The highest BCUT2D eigenvalue weighted by Gasteiger charge is 2.16. The molecule has 0 radical (unpaired) electrons. The lowest BCUT2D eigenvalue weighted by molar-refractivity contribution is 0.0268. The molecular formula is C19H32N4O2. The van der Waals surface area contributed by atoms with Gasteiger partial charge in [0.05, 0.1) is 18.8 Å². The summed E-state index contributed by atoms with van der Waals surface area (Å²) in [5.74, 6) is 0.781. The van der Waals surface area contributed by atoms with E-state index in [2.05, 4.69) is 44.8 Å². The van der Waals surface area contributed by atoms with Crippen LogP contribution in [0, 0.1) is 0 Å². The van der Waals surface area contributed by atoms with E-state index in [0.717, 1.165) is 45.4 Å². The third-order valence-electron chi connectivity index (χ3n) is 4.42. The van der Waals surface area contributed by atoms with Gasteiger partial charge in [-0.2, -0.15) is 0 Å². The number of aliphatic imine (C=N–C) groups is 1. The van der Waals surface area contributed by atoms with Crippen LogP contribution in [0.2, 0.25) is 0 Å². The summed E-state index contributed by atoms with van der Waals surface area (Å²) in [4.78, 5) is 6.71. The van der Waals surface area contributed by atoms with Crippen molar-refractivity contribution in [2.75, 3.05) is 47.0 Å². The molecule has 0 aliphatic carbocycles. The lowest BCUT2D eigenvalue weighted by atomic mass is 10.1. The van der Waals surface area contributed by atoms with Gasteiger partial charge < -0.3 is 20.1 Å².